The Morgan fingerprint density at radius 1 is 1.12 bits per heavy atom. The Morgan fingerprint density at radius 2 is 1.94 bits per heavy atom. The molecule has 1 aliphatic rings. The van der Waals surface area contributed by atoms with E-state index in [1.807, 2.05) is 53.9 Å². The molecule has 8 nitrogen and oxygen atoms in total. The van der Waals surface area contributed by atoms with Crippen LogP contribution in [0.15, 0.2) is 60.0 Å². The van der Waals surface area contributed by atoms with Crippen LogP contribution in [0.5, 0.6) is 0 Å². The second-order valence-electron chi connectivity index (χ2n) is 7.68. The molecule has 0 unspecified atom stereocenters. The van der Waals surface area contributed by atoms with E-state index in [0.29, 0.717) is 29.5 Å². The third-order valence-electron chi connectivity index (χ3n) is 5.21. The van der Waals surface area contributed by atoms with Crippen LogP contribution >= 0.6 is 11.3 Å². The van der Waals surface area contributed by atoms with Crippen LogP contribution in [-0.2, 0) is 20.9 Å². The van der Waals surface area contributed by atoms with Crippen molar-refractivity contribution in [2.24, 2.45) is 0 Å². The number of ether oxygens (including phenoxy) is 1. The zero-order valence-corrected chi connectivity index (χ0v) is 18.9. The SMILES string of the molecule is CC(=O)Nc1cccc(-c2csc(NC(=O)[C@@H]3CCCN3C(=O)OCc3ccccc3)n2)c1. The molecule has 1 aliphatic heterocycles. The van der Waals surface area contributed by atoms with Gasteiger partial charge in [0.2, 0.25) is 11.8 Å². The molecule has 1 aromatic heterocycles. The molecule has 1 saturated heterocycles. The summed E-state index contributed by atoms with van der Waals surface area (Å²) < 4.78 is 5.41. The Morgan fingerprint density at radius 3 is 2.73 bits per heavy atom. The number of nitrogens with zero attached hydrogens (tertiary/aromatic N) is 2. The first-order valence-electron chi connectivity index (χ1n) is 10.6. The molecule has 0 radical (unpaired) electrons. The normalized spacial score (nSPS) is 15.2. The lowest BCUT2D eigenvalue weighted by molar-refractivity contribution is -0.120. The minimum atomic E-state index is -0.594. The van der Waals surface area contributed by atoms with Gasteiger partial charge in [-0.15, -0.1) is 11.3 Å². The van der Waals surface area contributed by atoms with E-state index in [-0.39, 0.29) is 18.4 Å². The van der Waals surface area contributed by atoms with Gasteiger partial charge in [-0.3, -0.25) is 14.5 Å². The van der Waals surface area contributed by atoms with Crippen LogP contribution < -0.4 is 10.6 Å². The van der Waals surface area contributed by atoms with Crippen LogP contribution in [0.25, 0.3) is 11.3 Å². The summed E-state index contributed by atoms with van der Waals surface area (Å²) in [6.45, 7) is 2.09. The molecule has 9 heteroatoms. The Hall–Kier alpha value is -3.72. The highest BCUT2D eigenvalue weighted by atomic mass is 32.1. The lowest BCUT2D eigenvalue weighted by Crippen LogP contribution is -2.43. The van der Waals surface area contributed by atoms with Crippen LogP contribution in [0, 0.1) is 0 Å². The first kappa shape index (κ1) is 22.5. The number of hydrogen-bond donors (Lipinski definition) is 2. The average molecular weight is 465 g/mol. The third kappa shape index (κ3) is 5.75. The number of aromatic nitrogens is 1. The molecule has 1 fully saturated rings. The largest absolute Gasteiger partial charge is 0.445 e. The van der Waals surface area contributed by atoms with E-state index in [9.17, 15) is 14.4 Å². The third-order valence-corrected chi connectivity index (χ3v) is 5.97. The van der Waals surface area contributed by atoms with Gasteiger partial charge in [-0.2, -0.15) is 0 Å². The van der Waals surface area contributed by atoms with Crippen molar-refractivity contribution in [3.05, 3.63) is 65.5 Å². The topological polar surface area (TPSA) is 101 Å². The zero-order chi connectivity index (χ0) is 23.2. The van der Waals surface area contributed by atoms with Gasteiger partial charge < -0.3 is 15.4 Å². The first-order chi connectivity index (χ1) is 16.0. The zero-order valence-electron chi connectivity index (χ0n) is 18.1. The number of amides is 3. The maximum atomic E-state index is 12.9. The molecular weight excluding hydrogens is 440 g/mol. The van der Waals surface area contributed by atoms with E-state index in [4.69, 9.17) is 4.74 Å². The number of nitrogens with one attached hydrogen (secondary N) is 2. The van der Waals surface area contributed by atoms with Crippen LogP contribution in [-0.4, -0.2) is 40.4 Å². The second-order valence-corrected chi connectivity index (χ2v) is 8.54. The Balaban J connectivity index is 1.37. The van der Waals surface area contributed by atoms with Gasteiger partial charge in [-0.25, -0.2) is 9.78 Å². The van der Waals surface area contributed by atoms with Crippen LogP contribution in [0.2, 0.25) is 0 Å². The van der Waals surface area contributed by atoms with E-state index in [2.05, 4.69) is 15.6 Å². The molecule has 0 bridgehead atoms. The average Bonchev–Trinajstić information content (AvgIpc) is 3.48. The molecule has 0 saturated carbocycles. The minimum Gasteiger partial charge on any atom is -0.445 e. The van der Waals surface area contributed by atoms with Gasteiger partial charge in [0.05, 0.1) is 5.69 Å². The number of rotatable bonds is 6. The monoisotopic (exact) mass is 464 g/mol. The van der Waals surface area contributed by atoms with Crippen molar-refractivity contribution in [3.8, 4) is 11.3 Å². The fraction of sp³-hybridized carbons (Fsp3) is 0.250. The smallest absolute Gasteiger partial charge is 0.410 e. The molecule has 33 heavy (non-hydrogen) atoms. The summed E-state index contributed by atoms with van der Waals surface area (Å²) in [4.78, 5) is 42.7. The van der Waals surface area contributed by atoms with Crippen LogP contribution in [0.1, 0.15) is 25.3 Å². The van der Waals surface area contributed by atoms with Crippen molar-refractivity contribution in [3.63, 3.8) is 0 Å². The molecule has 2 aromatic carbocycles. The standard InChI is InChI=1S/C24H24N4O4S/c1-16(29)25-19-10-5-9-18(13-19)20-15-33-23(26-20)27-22(30)21-11-6-12-28(21)24(31)32-14-17-7-3-2-4-8-17/h2-5,7-10,13,15,21H,6,11-12,14H2,1H3,(H,25,29)(H,26,27,30)/t21-/m0/s1. The number of carbonyl (C=O) groups excluding carboxylic acids is 3. The Kier molecular flexibility index (Phi) is 6.99. The lowest BCUT2D eigenvalue weighted by atomic mass is 10.1. The van der Waals surface area contributed by atoms with Crippen molar-refractivity contribution in [2.45, 2.75) is 32.4 Å². The highest BCUT2D eigenvalue weighted by Gasteiger charge is 2.35. The maximum absolute atomic E-state index is 12.9. The summed E-state index contributed by atoms with van der Waals surface area (Å²) in [6, 6.07) is 16.2. The summed E-state index contributed by atoms with van der Waals surface area (Å²) in [5, 5.41) is 7.86. The number of likely N-dealkylation sites (tertiary alicyclic amines) is 1. The van der Waals surface area contributed by atoms with Crippen molar-refractivity contribution in [2.75, 3.05) is 17.2 Å². The summed E-state index contributed by atoms with van der Waals surface area (Å²) in [7, 11) is 0. The first-order valence-corrected chi connectivity index (χ1v) is 11.5. The van der Waals surface area contributed by atoms with E-state index in [1.54, 1.807) is 6.07 Å². The summed E-state index contributed by atoms with van der Waals surface area (Å²) in [5.41, 5.74) is 3.08. The van der Waals surface area contributed by atoms with Gasteiger partial charge >= 0.3 is 6.09 Å². The fourth-order valence-electron chi connectivity index (χ4n) is 3.67. The van der Waals surface area contributed by atoms with E-state index < -0.39 is 12.1 Å². The maximum Gasteiger partial charge on any atom is 0.410 e. The molecule has 4 rings (SSSR count). The van der Waals surface area contributed by atoms with Crippen molar-refractivity contribution >= 4 is 40.1 Å². The quantitative estimate of drug-likeness (QED) is 0.559. The van der Waals surface area contributed by atoms with Gasteiger partial charge in [-0.05, 0) is 30.5 Å². The summed E-state index contributed by atoms with van der Waals surface area (Å²) >= 11 is 1.30. The van der Waals surface area contributed by atoms with Gasteiger partial charge in [-0.1, -0.05) is 42.5 Å². The highest BCUT2D eigenvalue weighted by molar-refractivity contribution is 7.14. The highest BCUT2D eigenvalue weighted by Crippen LogP contribution is 2.28. The molecule has 170 valence electrons. The van der Waals surface area contributed by atoms with E-state index >= 15 is 0 Å². The van der Waals surface area contributed by atoms with Gasteiger partial charge in [0, 0.05) is 30.1 Å². The number of carbonyl (C=O) groups is 3. The second kappa shape index (κ2) is 10.3. The minimum absolute atomic E-state index is 0.151. The van der Waals surface area contributed by atoms with E-state index in [0.717, 1.165) is 17.5 Å². The molecule has 2 heterocycles. The predicted molar refractivity (Wildman–Crippen MR) is 127 cm³/mol. The Labute approximate surface area is 195 Å². The molecule has 3 aromatic rings. The molecule has 0 spiro atoms. The number of hydrogen-bond acceptors (Lipinski definition) is 6. The van der Waals surface area contributed by atoms with Crippen molar-refractivity contribution in [1.82, 2.24) is 9.88 Å². The number of thiazole rings is 1. The van der Waals surface area contributed by atoms with Gasteiger partial charge in [0.25, 0.3) is 0 Å². The van der Waals surface area contributed by atoms with E-state index in [1.165, 1.54) is 23.2 Å². The number of benzene rings is 2. The lowest BCUT2D eigenvalue weighted by Gasteiger charge is -2.22. The summed E-state index contributed by atoms with van der Waals surface area (Å²) in [6.07, 6.45) is 0.812. The van der Waals surface area contributed by atoms with Gasteiger partial charge in [0.1, 0.15) is 12.6 Å². The van der Waals surface area contributed by atoms with Gasteiger partial charge in [0.15, 0.2) is 5.13 Å². The molecule has 0 aliphatic carbocycles. The van der Waals surface area contributed by atoms with Crippen molar-refractivity contribution in [1.29, 1.82) is 0 Å². The fourth-order valence-corrected chi connectivity index (χ4v) is 4.39. The van der Waals surface area contributed by atoms with Crippen molar-refractivity contribution < 1.29 is 19.1 Å². The molecule has 1 atom stereocenters. The van der Waals surface area contributed by atoms with Crippen LogP contribution in [0.3, 0.4) is 0 Å². The summed E-state index contributed by atoms with van der Waals surface area (Å²) in [5.74, 6) is -0.432. The Bertz CT molecular complexity index is 1150. The van der Waals surface area contributed by atoms with Crippen LogP contribution in [0.4, 0.5) is 15.6 Å². The number of anilines is 2. The molecular formula is C24H24N4O4S. The molecule has 2 N–H and O–H groups in total. The molecule has 3 amide bonds. The predicted octanol–water partition coefficient (Wildman–Crippen LogP) is 4.51.